The summed E-state index contributed by atoms with van der Waals surface area (Å²) in [6, 6.07) is 22.6. The Balaban J connectivity index is 1.83. The highest BCUT2D eigenvalue weighted by Gasteiger charge is 2.11. The van der Waals surface area contributed by atoms with E-state index >= 15 is 0 Å². The van der Waals surface area contributed by atoms with Crippen LogP contribution in [0.5, 0.6) is 0 Å². The summed E-state index contributed by atoms with van der Waals surface area (Å²) in [5, 5.41) is 3.39. The molecule has 24 heavy (non-hydrogen) atoms. The number of nitrogens with one attached hydrogen (secondary N) is 1. The van der Waals surface area contributed by atoms with E-state index in [0.29, 0.717) is 0 Å². The van der Waals surface area contributed by atoms with Gasteiger partial charge in [0.25, 0.3) is 0 Å². The van der Waals surface area contributed by atoms with Crippen molar-refractivity contribution >= 4 is 17.3 Å². The number of aromatic nitrogens is 2. The molecule has 3 rings (SSSR count). The van der Waals surface area contributed by atoms with Crippen LogP contribution in [0.15, 0.2) is 66.7 Å². The van der Waals surface area contributed by atoms with E-state index < -0.39 is 0 Å². The van der Waals surface area contributed by atoms with Crippen molar-refractivity contribution in [1.29, 1.82) is 0 Å². The molecule has 0 radical (unpaired) electrons. The van der Waals surface area contributed by atoms with Crippen molar-refractivity contribution in [3.05, 3.63) is 78.1 Å². The second-order valence-electron chi connectivity index (χ2n) is 5.58. The minimum atomic E-state index is 0.744. The maximum atomic E-state index is 4.61. The van der Waals surface area contributed by atoms with Crippen LogP contribution in [-0.2, 0) is 6.54 Å². The molecule has 1 N–H and O–H groups in total. The van der Waals surface area contributed by atoms with Gasteiger partial charge in [0.2, 0.25) is 0 Å². The highest BCUT2D eigenvalue weighted by atomic mass is 15.2. The van der Waals surface area contributed by atoms with Crippen molar-refractivity contribution in [2.24, 2.45) is 0 Å². The lowest BCUT2D eigenvalue weighted by Crippen LogP contribution is -2.18. The van der Waals surface area contributed by atoms with Gasteiger partial charge in [-0.3, -0.25) is 0 Å². The van der Waals surface area contributed by atoms with Crippen molar-refractivity contribution in [3.63, 3.8) is 0 Å². The molecular formula is C20H22N4. The Hall–Kier alpha value is -2.88. The molecule has 4 heteroatoms. The van der Waals surface area contributed by atoms with Crippen LogP contribution in [-0.4, -0.2) is 16.5 Å². The maximum Gasteiger partial charge on any atom is 0.138 e. The molecule has 0 amide bonds. The summed E-state index contributed by atoms with van der Waals surface area (Å²) in [7, 11) is 0. The molecule has 0 saturated carbocycles. The van der Waals surface area contributed by atoms with E-state index in [1.54, 1.807) is 0 Å². The fraction of sp³-hybridized carbons (Fsp3) is 0.200. The minimum Gasteiger partial charge on any atom is -0.366 e. The summed E-state index contributed by atoms with van der Waals surface area (Å²) in [5.74, 6) is 2.51. The third kappa shape index (κ3) is 3.90. The van der Waals surface area contributed by atoms with Gasteiger partial charge in [0.15, 0.2) is 0 Å². The lowest BCUT2D eigenvalue weighted by atomic mass is 10.2. The van der Waals surface area contributed by atoms with Crippen molar-refractivity contribution in [1.82, 2.24) is 9.97 Å². The summed E-state index contributed by atoms with van der Waals surface area (Å²) in [4.78, 5) is 11.3. The van der Waals surface area contributed by atoms with Crippen LogP contribution in [0.4, 0.5) is 17.3 Å². The lowest BCUT2D eigenvalue weighted by molar-refractivity contribution is 0.946. The first kappa shape index (κ1) is 16.0. The number of aryl methyl sites for hydroxylation is 1. The molecule has 0 atom stereocenters. The third-order valence-electron chi connectivity index (χ3n) is 3.80. The molecule has 3 aromatic rings. The van der Waals surface area contributed by atoms with E-state index in [1.807, 2.05) is 49.4 Å². The van der Waals surface area contributed by atoms with Crippen LogP contribution in [0, 0.1) is 6.92 Å². The van der Waals surface area contributed by atoms with Crippen LogP contribution >= 0.6 is 0 Å². The first-order chi connectivity index (χ1) is 11.8. The number of hydrogen-bond acceptors (Lipinski definition) is 4. The van der Waals surface area contributed by atoms with Gasteiger partial charge in [-0.1, -0.05) is 48.5 Å². The summed E-state index contributed by atoms with van der Waals surface area (Å²) >= 11 is 0. The molecule has 122 valence electrons. The van der Waals surface area contributed by atoms with E-state index in [1.165, 1.54) is 5.56 Å². The van der Waals surface area contributed by atoms with Gasteiger partial charge in [-0.2, -0.15) is 0 Å². The Morgan fingerprint density at radius 1 is 0.917 bits per heavy atom. The number of anilines is 3. The average molecular weight is 318 g/mol. The highest BCUT2D eigenvalue weighted by Crippen LogP contribution is 2.25. The predicted molar refractivity (Wildman–Crippen MR) is 99.7 cm³/mol. The molecular weight excluding hydrogens is 296 g/mol. The number of benzene rings is 2. The van der Waals surface area contributed by atoms with E-state index in [-0.39, 0.29) is 0 Å². The Morgan fingerprint density at radius 3 is 2.25 bits per heavy atom. The molecule has 0 unspecified atom stereocenters. The average Bonchev–Trinajstić information content (AvgIpc) is 2.62. The van der Waals surface area contributed by atoms with Crippen molar-refractivity contribution < 1.29 is 0 Å². The zero-order chi connectivity index (χ0) is 16.8. The van der Waals surface area contributed by atoms with Crippen LogP contribution in [0.25, 0.3) is 0 Å². The first-order valence-corrected chi connectivity index (χ1v) is 8.22. The van der Waals surface area contributed by atoms with Crippen molar-refractivity contribution in [2.75, 3.05) is 16.8 Å². The number of para-hydroxylation sites is 1. The molecule has 1 aromatic heterocycles. The van der Waals surface area contributed by atoms with E-state index in [4.69, 9.17) is 0 Å². The molecule has 0 spiro atoms. The van der Waals surface area contributed by atoms with Crippen molar-refractivity contribution in [2.45, 2.75) is 20.4 Å². The van der Waals surface area contributed by atoms with Gasteiger partial charge >= 0.3 is 0 Å². The largest absolute Gasteiger partial charge is 0.366 e. The van der Waals surface area contributed by atoms with Crippen LogP contribution in [0.1, 0.15) is 18.3 Å². The molecule has 0 aliphatic rings. The molecule has 0 aliphatic carbocycles. The molecule has 2 aromatic carbocycles. The summed E-state index contributed by atoms with van der Waals surface area (Å²) in [6.45, 7) is 5.64. The SMILES string of the molecule is CCN(c1ccccc1)c1cc(NCc2ccccc2)nc(C)n1. The third-order valence-corrected chi connectivity index (χ3v) is 3.80. The summed E-state index contributed by atoms with van der Waals surface area (Å²) in [6.07, 6.45) is 0. The predicted octanol–water partition coefficient (Wildman–Crippen LogP) is 4.56. The Bertz CT molecular complexity index is 772. The highest BCUT2D eigenvalue weighted by molar-refractivity contribution is 5.62. The minimum absolute atomic E-state index is 0.744. The Kier molecular flexibility index (Phi) is 5.06. The van der Waals surface area contributed by atoms with Gasteiger partial charge in [0, 0.05) is 24.8 Å². The number of hydrogen-bond donors (Lipinski definition) is 1. The monoisotopic (exact) mass is 318 g/mol. The van der Waals surface area contributed by atoms with Gasteiger partial charge in [-0.05, 0) is 31.5 Å². The zero-order valence-corrected chi connectivity index (χ0v) is 14.1. The lowest BCUT2D eigenvalue weighted by Gasteiger charge is -2.23. The number of nitrogens with zero attached hydrogens (tertiary/aromatic N) is 3. The van der Waals surface area contributed by atoms with Gasteiger partial charge in [0.05, 0.1) is 0 Å². The van der Waals surface area contributed by atoms with Gasteiger partial charge in [-0.15, -0.1) is 0 Å². The summed E-state index contributed by atoms with van der Waals surface area (Å²) < 4.78 is 0. The first-order valence-electron chi connectivity index (χ1n) is 8.22. The fourth-order valence-electron chi connectivity index (χ4n) is 2.65. The topological polar surface area (TPSA) is 41.0 Å². The number of rotatable bonds is 6. The van der Waals surface area contributed by atoms with Gasteiger partial charge in [0.1, 0.15) is 17.5 Å². The standard InChI is InChI=1S/C20H22N4/c1-3-24(18-12-8-5-9-13-18)20-14-19(22-16(2)23-20)21-15-17-10-6-4-7-11-17/h4-14H,3,15H2,1-2H3,(H,21,22,23). The molecule has 1 heterocycles. The maximum absolute atomic E-state index is 4.61. The van der Waals surface area contributed by atoms with E-state index in [9.17, 15) is 0 Å². The van der Waals surface area contributed by atoms with Crippen LogP contribution in [0.2, 0.25) is 0 Å². The molecule has 0 saturated heterocycles. The van der Waals surface area contributed by atoms with E-state index in [2.05, 4.69) is 51.4 Å². The molecule has 0 bridgehead atoms. The molecule has 4 nitrogen and oxygen atoms in total. The Morgan fingerprint density at radius 2 is 1.58 bits per heavy atom. The quantitative estimate of drug-likeness (QED) is 0.723. The fourth-order valence-corrected chi connectivity index (χ4v) is 2.65. The second kappa shape index (κ2) is 7.59. The van der Waals surface area contributed by atoms with Gasteiger partial charge in [-0.25, -0.2) is 9.97 Å². The molecule has 0 fully saturated rings. The summed E-state index contributed by atoms with van der Waals surface area (Å²) in [5.41, 5.74) is 2.36. The van der Waals surface area contributed by atoms with E-state index in [0.717, 1.165) is 36.2 Å². The van der Waals surface area contributed by atoms with Crippen LogP contribution < -0.4 is 10.2 Å². The second-order valence-corrected chi connectivity index (χ2v) is 5.58. The Labute approximate surface area is 143 Å². The normalized spacial score (nSPS) is 10.4. The smallest absolute Gasteiger partial charge is 0.138 e. The molecule has 0 aliphatic heterocycles. The van der Waals surface area contributed by atoms with Crippen molar-refractivity contribution in [3.8, 4) is 0 Å². The zero-order valence-electron chi connectivity index (χ0n) is 14.1. The van der Waals surface area contributed by atoms with Gasteiger partial charge < -0.3 is 10.2 Å². The van der Waals surface area contributed by atoms with Crippen LogP contribution in [0.3, 0.4) is 0 Å².